The SMILES string of the molecule is Cc1cc(Br)c2cc(N3CCC(F)(F)CC3)nc(NN)c2c1. The van der Waals surface area contributed by atoms with Crippen molar-refractivity contribution in [2.24, 2.45) is 5.84 Å². The van der Waals surface area contributed by atoms with Gasteiger partial charge in [-0.15, -0.1) is 0 Å². The molecule has 1 aromatic carbocycles. The number of hydrogen-bond donors (Lipinski definition) is 2. The zero-order chi connectivity index (χ0) is 15.9. The highest BCUT2D eigenvalue weighted by atomic mass is 79.9. The maximum absolute atomic E-state index is 13.3. The van der Waals surface area contributed by atoms with Crippen molar-refractivity contribution in [3.05, 3.63) is 28.2 Å². The van der Waals surface area contributed by atoms with Crippen LogP contribution in [0.5, 0.6) is 0 Å². The third-order valence-corrected chi connectivity index (χ3v) is 4.64. The van der Waals surface area contributed by atoms with E-state index in [1.807, 2.05) is 30.0 Å². The van der Waals surface area contributed by atoms with E-state index in [0.717, 1.165) is 20.8 Å². The van der Waals surface area contributed by atoms with E-state index in [0.29, 0.717) is 24.7 Å². The summed E-state index contributed by atoms with van der Waals surface area (Å²) in [4.78, 5) is 6.38. The lowest BCUT2D eigenvalue weighted by Gasteiger charge is -2.33. The van der Waals surface area contributed by atoms with Gasteiger partial charge in [-0.05, 0) is 30.7 Å². The van der Waals surface area contributed by atoms with Crippen LogP contribution in [0.15, 0.2) is 22.7 Å². The number of rotatable bonds is 2. The number of alkyl halides is 2. The molecule has 1 saturated heterocycles. The minimum absolute atomic E-state index is 0.146. The lowest BCUT2D eigenvalue weighted by molar-refractivity contribution is -0.0221. The molecule has 0 aliphatic carbocycles. The Bertz CT molecular complexity index is 710. The van der Waals surface area contributed by atoms with E-state index >= 15 is 0 Å². The smallest absolute Gasteiger partial charge is 0.251 e. The standard InChI is InChI=1S/C15H17BrF2N4/c1-9-6-11-10(12(16)7-9)8-13(20-14(11)21-19)22-4-2-15(17,18)3-5-22/h6-8H,2-5,19H2,1H3,(H,20,21). The second kappa shape index (κ2) is 5.62. The molecule has 3 rings (SSSR count). The number of anilines is 2. The molecular formula is C15H17BrF2N4. The van der Waals surface area contributed by atoms with E-state index in [4.69, 9.17) is 5.84 Å². The number of piperidine rings is 1. The summed E-state index contributed by atoms with van der Waals surface area (Å²) in [5.41, 5.74) is 3.70. The Kier molecular flexibility index (Phi) is 3.94. The molecule has 0 saturated carbocycles. The number of pyridine rings is 1. The first-order valence-electron chi connectivity index (χ1n) is 7.10. The average molecular weight is 371 g/mol. The molecular weight excluding hydrogens is 354 g/mol. The maximum atomic E-state index is 13.3. The van der Waals surface area contributed by atoms with Gasteiger partial charge in [0.15, 0.2) is 0 Å². The number of fused-ring (bicyclic) bond motifs is 1. The van der Waals surface area contributed by atoms with Crippen molar-refractivity contribution in [3.63, 3.8) is 0 Å². The Morgan fingerprint density at radius 3 is 2.55 bits per heavy atom. The zero-order valence-electron chi connectivity index (χ0n) is 12.2. The van der Waals surface area contributed by atoms with Gasteiger partial charge in [0.05, 0.1) is 0 Å². The fourth-order valence-corrected chi connectivity index (χ4v) is 3.46. The summed E-state index contributed by atoms with van der Waals surface area (Å²) in [6.07, 6.45) is -0.291. The molecule has 4 nitrogen and oxygen atoms in total. The zero-order valence-corrected chi connectivity index (χ0v) is 13.8. The number of aromatic nitrogens is 1. The number of hydrazine groups is 1. The predicted octanol–water partition coefficient (Wildman–Crippen LogP) is 3.83. The van der Waals surface area contributed by atoms with Crippen LogP contribution >= 0.6 is 15.9 Å². The third kappa shape index (κ3) is 2.87. The Hall–Kier alpha value is -1.47. The van der Waals surface area contributed by atoms with E-state index < -0.39 is 5.92 Å². The van der Waals surface area contributed by atoms with Gasteiger partial charge in [-0.25, -0.2) is 19.6 Å². The van der Waals surface area contributed by atoms with Gasteiger partial charge in [0.25, 0.3) is 5.92 Å². The van der Waals surface area contributed by atoms with E-state index in [2.05, 4.69) is 26.3 Å². The van der Waals surface area contributed by atoms with Crippen LogP contribution in [0.25, 0.3) is 10.8 Å². The number of nitrogen functional groups attached to an aromatic ring is 1. The summed E-state index contributed by atoms with van der Waals surface area (Å²) in [7, 11) is 0. The lowest BCUT2D eigenvalue weighted by Crippen LogP contribution is -2.39. The van der Waals surface area contributed by atoms with Gasteiger partial charge in [-0.2, -0.15) is 0 Å². The Morgan fingerprint density at radius 1 is 1.23 bits per heavy atom. The van der Waals surface area contributed by atoms with Crippen LogP contribution < -0.4 is 16.2 Å². The minimum atomic E-state index is -2.57. The fourth-order valence-electron chi connectivity index (χ4n) is 2.77. The Labute approximate surface area is 135 Å². The molecule has 3 N–H and O–H groups in total. The summed E-state index contributed by atoms with van der Waals surface area (Å²) in [6, 6.07) is 5.93. The largest absolute Gasteiger partial charge is 0.356 e. The van der Waals surface area contributed by atoms with Crippen molar-refractivity contribution in [3.8, 4) is 0 Å². The van der Waals surface area contributed by atoms with Gasteiger partial charge in [0.1, 0.15) is 11.6 Å². The highest BCUT2D eigenvalue weighted by molar-refractivity contribution is 9.10. The summed E-state index contributed by atoms with van der Waals surface area (Å²) >= 11 is 3.55. The molecule has 0 amide bonds. The number of nitrogens with zero attached hydrogens (tertiary/aromatic N) is 2. The first kappa shape index (κ1) is 15.4. The molecule has 1 aromatic heterocycles. The number of halogens is 3. The summed E-state index contributed by atoms with van der Waals surface area (Å²) in [6.45, 7) is 2.57. The second-order valence-corrected chi connectivity index (χ2v) is 6.51. The van der Waals surface area contributed by atoms with Crippen LogP contribution in [0.1, 0.15) is 18.4 Å². The van der Waals surface area contributed by atoms with Crippen molar-refractivity contribution in [2.75, 3.05) is 23.4 Å². The second-order valence-electron chi connectivity index (χ2n) is 5.66. The minimum Gasteiger partial charge on any atom is -0.356 e. The van der Waals surface area contributed by atoms with Gasteiger partial charge < -0.3 is 10.3 Å². The Balaban J connectivity index is 2.05. The number of benzene rings is 1. The quantitative estimate of drug-likeness (QED) is 0.623. The van der Waals surface area contributed by atoms with Gasteiger partial charge in [0.2, 0.25) is 0 Å². The molecule has 0 unspecified atom stereocenters. The normalized spacial score (nSPS) is 17.8. The highest BCUT2D eigenvalue weighted by Crippen LogP contribution is 2.35. The van der Waals surface area contributed by atoms with Gasteiger partial charge in [0, 0.05) is 41.2 Å². The van der Waals surface area contributed by atoms with Crippen molar-refractivity contribution in [1.29, 1.82) is 0 Å². The molecule has 0 radical (unpaired) electrons. The molecule has 1 aliphatic heterocycles. The van der Waals surface area contributed by atoms with Crippen LogP contribution in [0, 0.1) is 6.92 Å². The van der Waals surface area contributed by atoms with Gasteiger partial charge >= 0.3 is 0 Å². The van der Waals surface area contributed by atoms with Crippen LogP contribution in [-0.2, 0) is 0 Å². The van der Waals surface area contributed by atoms with Crippen molar-refractivity contribution in [1.82, 2.24) is 4.98 Å². The fraction of sp³-hybridized carbons (Fsp3) is 0.400. The van der Waals surface area contributed by atoms with Crippen LogP contribution in [0.4, 0.5) is 20.4 Å². The first-order chi connectivity index (χ1) is 10.4. The number of nitrogens with one attached hydrogen (secondary N) is 1. The van der Waals surface area contributed by atoms with E-state index in [1.54, 1.807) is 0 Å². The number of aryl methyl sites for hydroxylation is 1. The molecule has 0 atom stereocenters. The molecule has 7 heteroatoms. The van der Waals surface area contributed by atoms with Gasteiger partial charge in [-0.3, -0.25) is 0 Å². The van der Waals surface area contributed by atoms with Crippen LogP contribution in [0.2, 0.25) is 0 Å². The molecule has 0 bridgehead atoms. The molecule has 0 spiro atoms. The van der Waals surface area contributed by atoms with E-state index in [-0.39, 0.29) is 12.8 Å². The summed E-state index contributed by atoms with van der Waals surface area (Å²) in [5.74, 6) is 4.24. The van der Waals surface area contributed by atoms with E-state index in [9.17, 15) is 8.78 Å². The van der Waals surface area contributed by atoms with Crippen LogP contribution in [-0.4, -0.2) is 24.0 Å². The molecule has 118 valence electrons. The molecule has 1 fully saturated rings. The van der Waals surface area contributed by atoms with Gasteiger partial charge in [-0.1, -0.05) is 15.9 Å². The predicted molar refractivity (Wildman–Crippen MR) is 88.4 cm³/mol. The van der Waals surface area contributed by atoms with E-state index in [1.165, 1.54) is 0 Å². The molecule has 22 heavy (non-hydrogen) atoms. The van der Waals surface area contributed by atoms with Crippen molar-refractivity contribution in [2.45, 2.75) is 25.7 Å². The highest BCUT2D eigenvalue weighted by Gasteiger charge is 2.34. The molecule has 2 aromatic rings. The summed E-state index contributed by atoms with van der Waals surface area (Å²) in [5, 5.41) is 1.86. The lowest BCUT2D eigenvalue weighted by atomic mass is 10.1. The Morgan fingerprint density at radius 2 is 1.91 bits per heavy atom. The van der Waals surface area contributed by atoms with Crippen LogP contribution in [0.3, 0.4) is 0 Å². The maximum Gasteiger partial charge on any atom is 0.251 e. The topological polar surface area (TPSA) is 54.2 Å². The molecule has 2 heterocycles. The first-order valence-corrected chi connectivity index (χ1v) is 7.89. The molecule has 1 aliphatic rings. The summed E-state index contributed by atoms with van der Waals surface area (Å²) < 4.78 is 27.6. The number of hydrogen-bond acceptors (Lipinski definition) is 4. The monoisotopic (exact) mass is 370 g/mol. The van der Waals surface area contributed by atoms with Crippen molar-refractivity contribution >= 4 is 38.3 Å². The number of nitrogens with two attached hydrogens (primary N) is 1. The third-order valence-electron chi connectivity index (χ3n) is 3.98. The van der Waals surface area contributed by atoms with Crippen molar-refractivity contribution < 1.29 is 8.78 Å². The average Bonchev–Trinajstić information content (AvgIpc) is 2.46.